The van der Waals surface area contributed by atoms with Crippen molar-refractivity contribution in [3.63, 3.8) is 0 Å². The smallest absolute Gasteiger partial charge is 0.123 e. The molecule has 102 valence electrons. The summed E-state index contributed by atoms with van der Waals surface area (Å²) in [5, 5.41) is 3.47. The van der Waals surface area contributed by atoms with E-state index in [9.17, 15) is 4.39 Å². The maximum absolute atomic E-state index is 13.5. The standard InChI is InChI=1S/C16H20FNS/c1-5-18-16(15-8-11(3)12(4)19-15)14-9-13(17)7-6-10(14)2/h6-9,16,18H,5H2,1-4H3. The Hall–Kier alpha value is -1.19. The Bertz CT molecular complexity index is 555. The van der Waals surface area contributed by atoms with E-state index in [1.165, 1.54) is 21.4 Å². The van der Waals surface area contributed by atoms with Crippen molar-refractivity contribution in [1.29, 1.82) is 0 Å². The van der Waals surface area contributed by atoms with E-state index < -0.39 is 0 Å². The minimum Gasteiger partial charge on any atom is -0.306 e. The Morgan fingerprint density at radius 2 is 1.89 bits per heavy atom. The van der Waals surface area contributed by atoms with E-state index in [2.05, 4.69) is 32.2 Å². The molecule has 2 rings (SSSR count). The molecule has 0 saturated heterocycles. The Morgan fingerprint density at radius 3 is 2.47 bits per heavy atom. The number of thiophene rings is 1. The van der Waals surface area contributed by atoms with Gasteiger partial charge in [-0.1, -0.05) is 13.0 Å². The molecule has 0 aliphatic rings. The van der Waals surface area contributed by atoms with E-state index in [0.29, 0.717) is 0 Å². The zero-order valence-corrected chi connectivity index (χ0v) is 12.7. The van der Waals surface area contributed by atoms with Gasteiger partial charge < -0.3 is 5.32 Å². The van der Waals surface area contributed by atoms with Crippen molar-refractivity contribution < 1.29 is 4.39 Å². The number of aryl methyl sites for hydroxylation is 3. The second-order valence-corrected chi connectivity index (χ2v) is 6.17. The minimum atomic E-state index is -0.173. The summed E-state index contributed by atoms with van der Waals surface area (Å²) in [7, 11) is 0. The highest BCUT2D eigenvalue weighted by Gasteiger charge is 2.18. The highest BCUT2D eigenvalue weighted by molar-refractivity contribution is 7.12. The second kappa shape index (κ2) is 5.85. The van der Waals surface area contributed by atoms with Gasteiger partial charge in [-0.05, 0) is 62.2 Å². The first-order valence-corrected chi connectivity index (χ1v) is 7.41. The summed E-state index contributed by atoms with van der Waals surface area (Å²) in [6.45, 7) is 9.22. The second-order valence-electron chi connectivity index (χ2n) is 4.88. The van der Waals surface area contributed by atoms with Crippen LogP contribution in [0.5, 0.6) is 0 Å². The van der Waals surface area contributed by atoms with Gasteiger partial charge in [0.2, 0.25) is 0 Å². The Kier molecular flexibility index (Phi) is 4.38. The Morgan fingerprint density at radius 1 is 1.16 bits per heavy atom. The van der Waals surface area contributed by atoms with Gasteiger partial charge in [-0.25, -0.2) is 4.39 Å². The molecule has 0 aliphatic heterocycles. The van der Waals surface area contributed by atoms with Crippen LogP contribution in [-0.2, 0) is 0 Å². The average Bonchev–Trinajstić information content (AvgIpc) is 2.70. The molecule has 19 heavy (non-hydrogen) atoms. The number of rotatable bonds is 4. The lowest BCUT2D eigenvalue weighted by molar-refractivity contribution is 0.604. The molecule has 1 heterocycles. The Balaban J connectivity index is 2.47. The number of hydrogen-bond acceptors (Lipinski definition) is 2. The van der Waals surface area contributed by atoms with Gasteiger partial charge >= 0.3 is 0 Å². The summed E-state index contributed by atoms with van der Waals surface area (Å²) < 4.78 is 13.5. The van der Waals surface area contributed by atoms with Gasteiger partial charge in [-0.2, -0.15) is 0 Å². The fourth-order valence-electron chi connectivity index (χ4n) is 2.23. The number of nitrogens with one attached hydrogen (secondary N) is 1. The van der Waals surface area contributed by atoms with Gasteiger partial charge in [-0.3, -0.25) is 0 Å². The van der Waals surface area contributed by atoms with Crippen molar-refractivity contribution >= 4 is 11.3 Å². The molecule has 2 aromatic rings. The lowest BCUT2D eigenvalue weighted by Gasteiger charge is -2.19. The quantitative estimate of drug-likeness (QED) is 0.867. The van der Waals surface area contributed by atoms with Crippen LogP contribution in [0.1, 0.15) is 39.4 Å². The van der Waals surface area contributed by atoms with Crippen molar-refractivity contribution in [2.24, 2.45) is 0 Å². The van der Waals surface area contributed by atoms with E-state index in [4.69, 9.17) is 0 Å². The maximum Gasteiger partial charge on any atom is 0.123 e. The normalized spacial score (nSPS) is 12.7. The molecule has 0 radical (unpaired) electrons. The molecule has 1 N–H and O–H groups in total. The maximum atomic E-state index is 13.5. The summed E-state index contributed by atoms with van der Waals surface area (Å²) in [4.78, 5) is 2.58. The van der Waals surface area contributed by atoms with Crippen LogP contribution in [0.2, 0.25) is 0 Å². The van der Waals surface area contributed by atoms with Gasteiger partial charge in [-0.15, -0.1) is 11.3 Å². The fourth-order valence-corrected chi connectivity index (χ4v) is 3.37. The molecule has 1 aromatic heterocycles. The van der Waals surface area contributed by atoms with Crippen molar-refractivity contribution in [1.82, 2.24) is 5.32 Å². The molecule has 0 bridgehead atoms. The predicted octanol–water partition coefficient (Wildman–Crippen LogP) is 4.51. The number of benzene rings is 1. The molecule has 0 saturated carbocycles. The van der Waals surface area contributed by atoms with Crippen LogP contribution in [0.25, 0.3) is 0 Å². The van der Waals surface area contributed by atoms with E-state index in [1.54, 1.807) is 17.4 Å². The van der Waals surface area contributed by atoms with E-state index in [1.807, 2.05) is 13.0 Å². The molecule has 1 nitrogen and oxygen atoms in total. The summed E-state index contributed by atoms with van der Waals surface area (Å²) in [5.41, 5.74) is 3.45. The predicted molar refractivity (Wildman–Crippen MR) is 80.4 cm³/mol. The van der Waals surface area contributed by atoms with Crippen LogP contribution in [0.3, 0.4) is 0 Å². The molecule has 0 fully saturated rings. The molecule has 0 spiro atoms. The van der Waals surface area contributed by atoms with Crippen molar-refractivity contribution in [3.8, 4) is 0 Å². The molecular formula is C16H20FNS. The third kappa shape index (κ3) is 3.04. The largest absolute Gasteiger partial charge is 0.306 e. The van der Waals surface area contributed by atoms with Gasteiger partial charge in [0.15, 0.2) is 0 Å². The SMILES string of the molecule is CCNC(c1cc(C)c(C)s1)c1cc(F)ccc1C. The fraction of sp³-hybridized carbons (Fsp3) is 0.375. The molecule has 1 aromatic carbocycles. The molecule has 0 amide bonds. The number of halogens is 1. The van der Waals surface area contributed by atoms with Crippen LogP contribution < -0.4 is 5.32 Å². The molecule has 0 aliphatic carbocycles. The van der Waals surface area contributed by atoms with E-state index in [0.717, 1.165) is 17.7 Å². The molecule has 1 atom stereocenters. The lowest BCUT2D eigenvalue weighted by atomic mass is 9.99. The molecule has 1 unspecified atom stereocenters. The van der Waals surface area contributed by atoms with Crippen LogP contribution in [0, 0.1) is 26.6 Å². The third-order valence-corrected chi connectivity index (χ3v) is 4.65. The third-order valence-electron chi connectivity index (χ3n) is 3.43. The zero-order valence-electron chi connectivity index (χ0n) is 11.9. The van der Waals surface area contributed by atoms with E-state index in [-0.39, 0.29) is 11.9 Å². The van der Waals surface area contributed by atoms with Gasteiger partial charge in [0, 0.05) is 9.75 Å². The van der Waals surface area contributed by atoms with Gasteiger partial charge in [0.25, 0.3) is 0 Å². The summed E-state index contributed by atoms with van der Waals surface area (Å²) in [6.07, 6.45) is 0. The highest BCUT2D eigenvalue weighted by Crippen LogP contribution is 2.32. The average molecular weight is 277 g/mol. The van der Waals surface area contributed by atoms with Crippen LogP contribution >= 0.6 is 11.3 Å². The zero-order chi connectivity index (χ0) is 14.0. The van der Waals surface area contributed by atoms with Crippen LogP contribution in [0.15, 0.2) is 24.3 Å². The molecule has 3 heteroatoms. The topological polar surface area (TPSA) is 12.0 Å². The lowest BCUT2D eigenvalue weighted by Crippen LogP contribution is -2.22. The first-order chi connectivity index (χ1) is 9.02. The van der Waals surface area contributed by atoms with Gasteiger partial charge in [0.05, 0.1) is 6.04 Å². The highest BCUT2D eigenvalue weighted by atomic mass is 32.1. The first kappa shape index (κ1) is 14.2. The Labute approximate surface area is 118 Å². The number of hydrogen-bond donors (Lipinski definition) is 1. The van der Waals surface area contributed by atoms with Crippen LogP contribution in [-0.4, -0.2) is 6.54 Å². The van der Waals surface area contributed by atoms with Crippen LogP contribution in [0.4, 0.5) is 4.39 Å². The van der Waals surface area contributed by atoms with E-state index >= 15 is 0 Å². The summed E-state index contributed by atoms with van der Waals surface area (Å²) in [5.74, 6) is -0.173. The van der Waals surface area contributed by atoms with Crippen molar-refractivity contribution in [2.75, 3.05) is 6.54 Å². The summed E-state index contributed by atoms with van der Waals surface area (Å²) in [6, 6.07) is 7.30. The first-order valence-electron chi connectivity index (χ1n) is 6.59. The van der Waals surface area contributed by atoms with Crippen molar-refractivity contribution in [2.45, 2.75) is 33.7 Å². The van der Waals surface area contributed by atoms with Gasteiger partial charge in [0.1, 0.15) is 5.82 Å². The monoisotopic (exact) mass is 277 g/mol. The summed E-state index contributed by atoms with van der Waals surface area (Å²) >= 11 is 1.79. The molecular weight excluding hydrogens is 257 g/mol. The van der Waals surface area contributed by atoms with Crippen molar-refractivity contribution in [3.05, 3.63) is 56.5 Å². The minimum absolute atomic E-state index is 0.0816.